The van der Waals surface area contributed by atoms with Crippen LogP contribution >= 0.6 is 95.3 Å². The number of fused-ring (bicyclic) bond motifs is 1. The molecule has 4 N–H and O–H groups in total. The Morgan fingerprint density at radius 2 is 0.832 bits per heavy atom. The largest absolute Gasteiger partial charge is 2.00 e. The molecule has 0 saturated carbocycles. The number of halogens is 2. The maximum atomic E-state index is 16.6. The monoisotopic (exact) mass is 1830 g/mol. The van der Waals surface area contributed by atoms with E-state index in [9.17, 15) is 67.3 Å². The predicted molar refractivity (Wildman–Crippen MR) is 436 cm³/mol. The van der Waals surface area contributed by atoms with E-state index in [4.69, 9.17) is 59.9 Å². The number of carbonyl (C=O) groups is 6. The standard InChI is InChI=1S/C26H40FN2O12PS2.C24H38FN2O11PS2.C14H26O4PS2.2C3H7.Ni/c1-23(2,3)19(31)43-13-11-36-42(34,37-12-14-44-20(32)24(4,5)6)38-15-26(27)17-25(7,41-22(35-8)39-17)18(40-26)29-10-9-16(30)28-21(29)33;1-21(2,3)18(30)40-12-10-35-39(34,36-11-13-41-19(31)22(4,5)6)37-14-24(25)16(29)23(7,33)17(38-24)27-9-8-15(28)26-20(27)32;1-13(2,3)11(15)20-9-7-17-19-18-8-10-21-12(16)14(4,5)6;2*1-3-2;/h9-10,17-18,22H,11-15H2,1-8H3,(H,28,30,33);8-9,16-17,29,33H,10-14H2,1-7H3,(H,26,28,32);19H,1,7-10H2,2-6H3;2*1,3H2,2H3;/q;;+1;2*-1;+2/t17-,18+,22?,25+,26+;16-,17+,23+,24+;;;;/m00..../s1. The molecule has 0 aliphatic carbocycles. The van der Waals surface area contributed by atoms with Crippen molar-refractivity contribution < 1.29 is 133 Å². The Labute approximate surface area is 699 Å². The second-order valence-electron chi connectivity index (χ2n) is 31.0. The van der Waals surface area contributed by atoms with Crippen molar-refractivity contribution in [1.82, 2.24) is 19.1 Å². The molecule has 3 aliphatic rings. The molecule has 0 spiro atoms. The number of nitrogens with zero attached hydrogens (tertiary/aromatic N) is 2. The first-order chi connectivity index (χ1) is 51.2. The van der Waals surface area contributed by atoms with Crippen LogP contribution in [0.5, 0.6) is 0 Å². The summed E-state index contributed by atoms with van der Waals surface area (Å²) < 4.78 is 131. The zero-order valence-electron chi connectivity index (χ0n) is 68.5. The van der Waals surface area contributed by atoms with Crippen LogP contribution in [0.2, 0.25) is 0 Å². The van der Waals surface area contributed by atoms with Crippen molar-refractivity contribution in [3.05, 3.63) is 87.0 Å². The van der Waals surface area contributed by atoms with Crippen LogP contribution in [-0.4, -0.2) is 196 Å². The first-order valence-corrected chi connectivity index (χ1v) is 45.1. The molecule has 43 heteroatoms. The average molecular weight is 1830 g/mol. The molecule has 0 aromatic carbocycles. The van der Waals surface area contributed by atoms with Gasteiger partial charge in [-0.05, 0) is 27.7 Å². The van der Waals surface area contributed by atoms with Gasteiger partial charge in [0.15, 0.2) is 58.6 Å². The Bertz CT molecular complexity index is 3560. The van der Waals surface area contributed by atoms with Gasteiger partial charge in [-0.1, -0.05) is 188 Å². The zero-order chi connectivity index (χ0) is 86.5. The van der Waals surface area contributed by atoms with E-state index in [-0.39, 0.29) is 111 Å². The van der Waals surface area contributed by atoms with E-state index < -0.39 is 132 Å². The van der Waals surface area contributed by atoms with Gasteiger partial charge in [0.1, 0.15) is 30.5 Å². The van der Waals surface area contributed by atoms with Crippen LogP contribution in [0.1, 0.15) is 171 Å². The number of hydrogen-bond donors (Lipinski definition) is 4. The van der Waals surface area contributed by atoms with E-state index in [0.29, 0.717) is 29.3 Å². The van der Waals surface area contributed by atoms with Gasteiger partial charge in [-0.3, -0.25) is 84.6 Å². The summed E-state index contributed by atoms with van der Waals surface area (Å²) in [7, 11) is -7.88. The van der Waals surface area contributed by atoms with Crippen molar-refractivity contribution in [2.45, 2.75) is 212 Å². The fourth-order valence-electron chi connectivity index (χ4n) is 8.23. The number of H-pyrrole nitrogens is 2. The van der Waals surface area contributed by atoms with Crippen LogP contribution < -0.4 is 22.5 Å². The molecule has 113 heavy (non-hydrogen) atoms. The van der Waals surface area contributed by atoms with E-state index in [1.54, 1.807) is 96.9 Å². The fourth-order valence-corrected chi connectivity index (χ4v) is 16.5. The molecule has 3 fully saturated rings. The molecule has 3 aliphatic heterocycles. The summed E-state index contributed by atoms with van der Waals surface area (Å²) in [6.07, 6.45) is -3.12. The second-order valence-corrected chi connectivity index (χ2v) is 41.5. The quantitative estimate of drug-likeness (QED) is 0.0219. The number of aromatic amines is 2. The summed E-state index contributed by atoms with van der Waals surface area (Å²) in [5.41, 5.74) is -10.8. The zero-order valence-corrected chi connectivity index (χ0v) is 77.2. The van der Waals surface area contributed by atoms with Crippen molar-refractivity contribution in [1.29, 1.82) is 0 Å². The number of nitrogens with one attached hydrogen (secondary N) is 2. The smallest absolute Gasteiger partial charge is 0.384 e. The Balaban J connectivity index is 0.00000168. The van der Waals surface area contributed by atoms with Crippen LogP contribution in [0.25, 0.3) is 0 Å². The van der Waals surface area contributed by atoms with Gasteiger partial charge < -0.3 is 56.8 Å². The number of phosphoric acid groups is 2. The van der Waals surface area contributed by atoms with Crippen molar-refractivity contribution in [3.8, 4) is 0 Å². The van der Waals surface area contributed by atoms with Gasteiger partial charge in [0, 0.05) is 93.2 Å². The van der Waals surface area contributed by atoms with Crippen LogP contribution in [-0.2, 0) is 114 Å². The maximum absolute atomic E-state index is 16.6. The molecule has 0 radical (unpaired) electrons. The van der Waals surface area contributed by atoms with Crippen molar-refractivity contribution in [2.75, 3.05) is 94.5 Å². The summed E-state index contributed by atoms with van der Waals surface area (Å²) in [6, 6.07) is 1.98. The topological polar surface area (TPSA) is 407 Å². The third-order valence-corrected chi connectivity index (χ3v) is 25.1. The maximum Gasteiger partial charge on any atom is 2.00 e. The van der Waals surface area contributed by atoms with Crippen LogP contribution in [0.3, 0.4) is 0 Å². The molecule has 5 heterocycles. The Morgan fingerprint density at radius 1 is 0.540 bits per heavy atom. The number of carbonyl (C=O) groups excluding carboxylic acids is 6. The molecule has 31 nitrogen and oxygen atoms in total. The van der Waals surface area contributed by atoms with E-state index in [1.807, 2.05) is 39.6 Å². The molecule has 2 aromatic rings. The van der Waals surface area contributed by atoms with Gasteiger partial charge in [0.2, 0.25) is 5.12 Å². The summed E-state index contributed by atoms with van der Waals surface area (Å²) in [6.45, 7) is 43.6. The number of aromatic nitrogens is 4. The number of hydrogen-bond acceptors (Lipinski definition) is 33. The van der Waals surface area contributed by atoms with Crippen LogP contribution in [0.15, 0.2) is 43.7 Å². The van der Waals surface area contributed by atoms with Crippen molar-refractivity contribution in [2.24, 2.45) is 32.5 Å². The van der Waals surface area contributed by atoms with E-state index >= 15 is 8.78 Å². The molecular formula is C70H118F2N4NiO27P3S6+. The molecule has 0 amide bonds. The van der Waals surface area contributed by atoms with Gasteiger partial charge in [-0.25, -0.2) is 27.5 Å². The van der Waals surface area contributed by atoms with Gasteiger partial charge in [0.05, 0.1) is 46.6 Å². The summed E-state index contributed by atoms with van der Waals surface area (Å²) in [5.74, 6) is -4.53. The number of thioether (sulfide) groups is 6. The molecule has 654 valence electrons. The summed E-state index contributed by atoms with van der Waals surface area (Å²) >= 11 is 6.31. The minimum atomic E-state index is -4.57. The van der Waals surface area contributed by atoms with E-state index in [1.165, 1.54) is 37.6 Å². The average Bonchev–Trinajstić information content (AvgIpc) is 1.56. The first kappa shape index (κ1) is 111. The molecule has 5 rings (SSSR count). The number of phosphoric ester groups is 2. The molecule has 2 aromatic heterocycles. The third kappa shape index (κ3) is 38.3. The summed E-state index contributed by atoms with van der Waals surface area (Å²) in [4.78, 5) is 124. The molecule has 2 unspecified atom stereocenters. The van der Waals surface area contributed by atoms with E-state index in [0.717, 1.165) is 95.9 Å². The summed E-state index contributed by atoms with van der Waals surface area (Å²) in [5, 5.41) is 21.1. The minimum absolute atomic E-state index is 0. The molecular weight excluding hydrogens is 1710 g/mol. The normalized spacial score (nSPS) is 22.6. The SMILES string of the molecule is CC(C)(C)C(=O)SCCOP(=O)(OCCSC(=O)C(C)(C)C)OC[C@@]1(F)O[C@@H](n2ccc(=O)[nH]c2=O)[C@](C)(O)[C@@H]1O.COC1O[C@H]2[C@@](C)(O1)[C@H](n1ccc(=O)[nH]c1=O)O[C@]2(F)COP(=O)(OCCSC(=O)C(C)(C)C)OCCSC(=O)C(C)(C)C.[CH2+]C(C)(C)C(=O)SCCOPOCCSC(=O)C(C)(C)C.[CH2-]CC.[CH2-]CC.[Ni+2]. The molecule has 10 atom stereocenters. The first-order valence-electron chi connectivity index (χ1n) is 35.4. The number of rotatable bonds is 34. The molecule has 0 bridgehead atoms. The van der Waals surface area contributed by atoms with Gasteiger partial charge in [-0.2, -0.15) is 12.8 Å². The van der Waals surface area contributed by atoms with Crippen LogP contribution in [0.4, 0.5) is 8.78 Å². The third-order valence-electron chi connectivity index (χ3n) is 14.1. The number of ether oxygens (including phenoxy) is 5. The number of aliphatic hydroxyl groups excluding tert-OH is 1. The van der Waals surface area contributed by atoms with Gasteiger partial charge >= 0.3 is 43.5 Å². The Kier molecular flexibility index (Phi) is 48.3. The fraction of sp³-hybridized carbons (Fsp3) is 0.757. The number of aliphatic hydroxyl groups is 2. The Hall–Kier alpha value is -2.01. The van der Waals surface area contributed by atoms with Crippen molar-refractivity contribution >= 4 is 126 Å². The van der Waals surface area contributed by atoms with Gasteiger partial charge in [-0.15, -0.1) is 0 Å². The minimum Gasteiger partial charge on any atom is -0.384 e. The second kappa shape index (κ2) is 49.2. The number of methoxy groups -OCH3 is 1. The van der Waals surface area contributed by atoms with Gasteiger partial charge in [0.25, 0.3) is 29.3 Å². The van der Waals surface area contributed by atoms with E-state index in [2.05, 4.69) is 25.8 Å². The Morgan fingerprint density at radius 3 is 1.13 bits per heavy atom. The molecule has 3 saturated heterocycles. The predicted octanol–water partition coefficient (Wildman–Crippen LogP) is 12.6. The number of alkyl halides is 2. The van der Waals surface area contributed by atoms with Crippen molar-refractivity contribution in [3.63, 3.8) is 0 Å². The van der Waals surface area contributed by atoms with Crippen LogP contribution in [0, 0.1) is 53.3 Å².